The van der Waals surface area contributed by atoms with E-state index in [0.29, 0.717) is 12.2 Å². The molecule has 0 spiro atoms. The van der Waals surface area contributed by atoms with E-state index >= 15 is 0 Å². The summed E-state index contributed by atoms with van der Waals surface area (Å²) in [6.45, 7) is 4.64. The van der Waals surface area contributed by atoms with Gasteiger partial charge in [-0.2, -0.15) is 5.10 Å². The third-order valence-corrected chi connectivity index (χ3v) is 6.79. The number of hydrogen-bond acceptors (Lipinski definition) is 5. The monoisotopic (exact) mass is 442 g/mol. The number of likely N-dealkylation sites (tertiary alicyclic amines) is 1. The predicted molar refractivity (Wildman–Crippen MR) is 131 cm³/mol. The Balaban J connectivity index is 1.34. The van der Waals surface area contributed by atoms with Gasteiger partial charge < -0.3 is 10.2 Å². The molecule has 2 aliphatic heterocycles. The van der Waals surface area contributed by atoms with E-state index in [1.165, 1.54) is 19.3 Å². The Morgan fingerprint density at radius 1 is 1.09 bits per heavy atom. The number of aromatic nitrogens is 3. The van der Waals surface area contributed by atoms with E-state index in [-0.39, 0.29) is 11.9 Å². The van der Waals surface area contributed by atoms with Crippen LogP contribution in [0.5, 0.6) is 0 Å². The van der Waals surface area contributed by atoms with Crippen LogP contribution in [0.15, 0.2) is 36.7 Å². The van der Waals surface area contributed by atoms with Crippen molar-refractivity contribution in [1.29, 1.82) is 0 Å². The summed E-state index contributed by atoms with van der Waals surface area (Å²) in [6, 6.07) is 8.43. The molecule has 1 amide bonds. The van der Waals surface area contributed by atoms with Crippen molar-refractivity contribution in [3.8, 4) is 23.5 Å². The van der Waals surface area contributed by atoms with Crippen molar-refractivity contribution in [3.05, 3.63) is 42.4 Å². The molecule has 170 valence electrons. The largest absolute Gasteiger partial charge is 0.370 e. The number of piperidine rings is 2. The number of hydrogen-bond donors (Lipinski definition) is 2. The highest BCUT2D eigenvalue weighted by molar-refractivity contribution is 6.05. The predicted octanol–water partition coefficient (Wildman–Crippen LogP) is 3.44. The second-order valence-electron chi connectivity index (χ2n) is 9.04. The van der Waals surface area contributed by atoms with Crippen LogP contribution < -0.4 is 10.2 Å². The maximum Gasteiger partial charge on any atom is 0.272 e. The van der Waals surface area contributed by atoms with Crippen LogP contribution in [0.3, 0.4) is 0 Å². The number of aromatic amines is 1. The number of benzene rings is 1. The fraction of sp³-hybridized carbons (Fsp3) is 0.423. The van der Waals surface area contributed by atoms with Gasteiger partial charge in [0.1, 0.15) is 0 Å². The van der Waals surface area contributed by atoms with Crippen molar-refractivity contribution in [1.82, 2.24) is 25.4 Å². The van der Waals surface area contributed by atoms with Gasteiger partial charge in [-0.25, -0.2) is 0 Å². The molecule has 0 atom stereocenters. The van der Waals surface area contributed by atoms with Crippen LogP contribution in [0.2, 0.25) is 0 Å². The number of nitrogens with zero attached hydrogens (tertiary/aromatic N) is 4. The molecule has 4 heterocycles. The number of pyridine rings is 1. The van der Waals surface area contributed by atoms with Crippen LogP contribution in [0, 0.1) is 12.3 Å². The number of carbonyl (C=O) groups is 1. The van der Waals surface area contributed by atoms with Crippen molar-refractivity contribution < 1.29 is 4.79 Å². The minimum atomic E-state index is -0.131. The summed E-state index contributed by atoms with van der Waals surface area (Å²) in [5.74, 6) is 2.56. The first-order chi connectivity index (χ1) is 16.2. The second-order valence-corrected chi connectivity index (χ2v) is 9.04. The van der Waals surface area contributed by atoms with Gasteiger partial charge in [0.25, 0.3) is 5.91 Å². The minimum Gasteiger partial charge on any atom is -0.370 e. The highest BCUT2D eigenvalue weighted by atomic mass is 16.2. The highest BCUT2D eigenvalue weighted by Gasteiger charge is 2.23. The molecule has 2 aliphatic rings. The maximum absolute atomic E-state index is 13.0. The number of rotatable bonds is 5. The number of fused-ring (bicyclic) bond motifs is 1. The van der Waals surface area contributed by atoms with Gasteiger partial charge in [0, 0.05) is 49.4 Å². The molecule has 0 radical (unpaired) electrons. The van der Waals surface area contributed by atoms with E-state index < -0.39 is 0 Å². The lowest BCUT2D eigenvalue weighted by Crippen LogP contribution is -2.44. The standard InChI is InChI=1S/C26H30N6O/c1-2-10-31-13-8-21(9-14-31)28-26(33)25-23-16-19(6-7-24(23)29-30-25)20-15-22(18-27-17-20)32-11-4-3-5-12-32/h1,6-7,15-18,21H,3-5,8-14H2,(H,28,33)(H,29,30). The molecule has 2 aromatic heterocycles. The molecule has 0 aliphatic carbocycles. The summed E-state index contributed by atoms with van der Waals surface area (Å²) < 4.78 is 0. The van der Waals surface area contributed by atoms with Crippen molar-refractivity contribution >= 4 is 22.5 Å². The lowest BCUT2D eigenvalue weighted by atomic mass is 10.0. The van der Waals surface area contributed by atoms with Gasteiger partial charge >= 0.3 is 0 Å². The topological polar surface area (TPSA) is 77.1 Å². The summed E-state index contributed by atoms with van der Waals surface area (Å²) in [4.78, 5) is 22.2. The number of carbonyl (C=O) groups excluding carboxylic acids is 1. The van der Waals surface area contributed by atoms with Crippen LogP contribution in [0.4, 0.5) is 5.69 Å². The number of terminal acetylenes is 1. The molecular weight excluding hydrogens is 412 g/mol. The molecular formula is C26H30N6O. The van der Waals surface area contributed by atoms with Crippen LogP contribution in [0.1, 0.15) is 42.6 Å². The first kappa shape index (κ1) is 21.5. The molecule has 7 heteroatoms. The van der Waals surface area contributed by atoms with E-state index in [9.17, 15) is 4.79 Å². The lowest BCUT2D eigenvalue weighted by Gasteiger charge is -2.30. The minimum absolute atomic E-state index is 0.131. The first-order valence-corrected chi connectivity index (χ1v) is 11.9. The normalized spacial score (nSPS) is 17.7. The van der Waals surface area contributed by atoms with Crippen LogP contribution in [-0.4, -0.2) is 64.8 Å². The Morgan fingerprint density at radius 3 is 2.70 bits per heavy atom. The number of H-pyrrole nitrogens is 1. The third-order valence-electron chi connectivity index (χ3n) is 6.79. The van der Waals surface area contributed by atoms with Crippen LogP contribution in [0.25, 0.3) is 22.0 Å². The molecule has 2 N–H and O–H groups in total. The molecule has 5 rings (SSSR count). The van der Waals surface area contributed by atoms with E-state index in [4.69, 9.17) is 6.42 Å². The highest BCUT2D eigenvalue weighted by Crippen LogP contribution is 2.29. The summed E-state index contributed by atoms with van der Waals surface area (Å²) in [7, 11) is 0. The molecule has 0 saturated carbocycles. The Labute approximate surface area is 194 Å². The number of nitrogens with one attached hydrogen (secondary N) is 2. The summed E-state index contributed by atoms with van der Waals surface area (Å²) >= 11 is 0. The number of anilines is 1. The SMILES string of the molecule is C#CCN1CCC(NC(=O)c2n[nH]c3ccc(-c4cncc(N5CCCCC5)c4)cc23)CC1. The van der Waals surface area contributed by atoms with Gasteiger partial charge in [-0.1, -0.05) is 12.0 Å². The zero-order valence-corrected chi connectivity index (χ0v) is 18.9. The van der Waals surface area contributed by atoms with Gasteiger partial charge in [-0.3, -0.25) is 19.8 Å². The van der Waals surface area contributed by atoms with Crippen LogP contribution in [-0.2, 0) is 0 Å². The van der Waals surface area contributed by atoms with E-state index in [1.54, 1.807) is 0 Å². The van der Waals surface area contributed by atoms with E-state index in [1.807, 2.05) is 24.5 Å². The van der Waals surface area contributed by atoms with E-state index in [0.717, 1.165) is 66.7 Å². The van der Waals surface area contributed by atoms with Gasteiger partial charge in [0.2, 0.25) is 0 Å². The smallest absolute Gasteiger partial charge is 0.272 e. The molecule has 1 aromatic carbocycles. The molecule has 2 fully saturated rings. The van der Waals surface area contributed by atoms with Crippen molar-refractivity contribution in [2.75, 3.05) is 37.6 Å². The molecule has 7 nitrogen and oxygen atoms in total. The second kappa shape index (κ2) is 9.63. The van der Waals surface area contributed by atoms with Crippen molar-refractivity contribution in [2.45, 2.75) is 38.1 Å². The average Bonchev–Trinajstić information content (AvgIpc) is 3.29. The fourth-order valence-corrected chi connectivity index (χ4v) is 4.90. The Kier molecular flexibility index (Phi) is 6.27. The molecule has 0 bridgehead atoms. The summed E-state index contributed by atoms with van der Waals surface area (Å²) in [5, 5.41) is 11.3. The van der Waals surface area contributed by atoms with E-state index in [2.05, 4.69) is 48.4 Å². The van der Waals surface area contributed by atoms with Gasteiger partial charge in [-0.05, 0) is 55.9 Å². The quantitative estimate of drug-likeness (QED) is 0.592. The van der Waals surface area contributed by atoms with Gasteiger partial charge in [0.15, 0.2) is 5.69 Å². The molecule has 3 aromatic rings. The zero-order chi connectivity index (χ0) is 22.6. The average molecular weight is 443 g/mol. The Hall–Kier alpha value is -3.37. The first-order valence-electron chi connectivity index (χ1n) is 11.9. The molecule has 33 heavy (non-hydrogen) atoms. The Morgan fingerprint density at radius 2 is 1.91 bits per heavy atom. The Bertz CT molecular complexity index is 1160. The van der Waals surface area contributed by atoms with Crippen LogP contribution >= 0.6 is 0 Å². The summed E-state index contributed by atoms with van der Waals surface area (Å²) in [6.07, 6.45) is 14.8. The number of amides is 1. The third kappa shape index (κ3) is 4.71. The molecule has 2 saturated heterocycles. The van der Waals surface area contributed by atoms with Gasteiger partial charge in [-0.15, -0.1) is 6.42 Å². The fourth-order valence-electron chi connectivity index (χ4n) is 4.90. The van der Waals surface area contributed by atoms with Gasteiger partial charge in [0.05, 0.1) is 23.9 Å². The van der Waals surface area contributed by atoms with Crippen molar-refractivity contribution in [2.24, 2.45) is 0 Å². The molecule has 0 unspecified atom stereocenters. The lowest BCUT2D eigenvalue weighted by molar-refractivity contribution is 0.0911. The summed E-state index contributed by atoms with van der Waals surface area (Å²) in [5.41, 5.74) is 4.54. The maximum atomic E-state index is 13.0. The van der Waals surface area contributed by atoms with Crippen molar-refractivity contribution in [3.63, 3.8) is 0 Å². The zero-order valence-electron chi connectivity index (χ0n) is 18.9.